The SMILES string of the molecule is COc1cccc2[nH]c(C(=O)N3CC4CCC4C3C(=O)NC(C#N)CC3CCNC3O)cc12. The van der Waals surface area contributed by atoms with E-state index in [2.05, 4.69) is 21.7 Å². The Hall–Kier alpha value is -3.09. The van der Waals surface area contributed by atoms with Gasteiger partial charge in [-0.1, -0.05) is 6.07 Å². The number of benzene rings is 1. The van der Waals surface area contributed by atoms with Gasteiger partial charge in [-0.25, -0.2) is 0 Å². The third-order valence-corrected chi connectivity index (χ3v) is 7.58. The molecule has 5 rings (SSSR count). The van der Waals surface area contributed by atoms with Crippen LogP contribution in [0.2, 0.25) is 0 Å². The van der Waals surface area contributed by atoms with Gasteiger partial charge in [-0.05, 0) is 62.3 Å². The van der Waals surface area contributed by atoms with Crippen molar-refractivity contribution >= 4 is 22.7 Å². The highest BCUT2D eigenvalue weighted by atomic mass is 16.5. The van der Waals surface area contributed by atoms with Gasteiger partial charge in [0.15, 0.2) is 0 Å². The average molecular weight is 452 g/mol. The Kier molecular flexibility index (Phi) is 5.72. The number of hydrogen-bond donors (Lipinski definition) is 4. The van der Waals surface area contributed by atoms with Crippen LogP contribution in [0.25, 0.3) is 10.9 Å². The number of carbonyl (C=O) groups excluding carboxylic acids is 2. The number of methoxy groups -OCH3 is 1. The number of rotatable bonds is 6. The molecule has 1 aliphatic carbocycles. The molecule has 3 fully saturated rings. The molecule has 0 radical (unpaired) electrons. The first-order valence-electron chi connectivity index (χ1n) is 11.6. The van der Waals surface area contributed by atoms with Gasteiger partial charge in [0.2, 0.25) is 5.91 Å². The van der Waals surface area contributed by atoms with Gasteiger partial charge < -0.3 is 25.0 Å². The number of nitrogens with one attached hydrogen (secondary N) is 3. The van der Waals surface area contributed by atoms with Crippen LogP contribution in [0.5, 0.6) is 5.75 Å². The molecule has 33 heavy (non-hydrogen) atoms. The number of aliphatic hydroxyl groups excluding tert-OH is 1. The number of aliphatic hydroxyl groups is 1. The Morgan fingerprint density at radius 2 is 2.21 bits per heavy atom. The molecule has 1 aromatic heterocycles. The number of H-pyrrole nitrogens is 1. The number of hydrogen-bond acceptors (Lipinski definition) is 6. The minimum absolute atomic E-state index is 0.0750. The van der Waals surface area contributed by atoms with Crippen molar-refractivity contribution in [3.05, 3.63) is 30.0 Å². The number of fused-ring (bicyclic) bond motifs is 2. The van der Waals surface area contributed by atoms with Gasteiger partial charge in [0.05, 0.1) is 13.2 Å². The van der Waals surface area contributed by atoms with E-state index in [9.17, 15) is 20.0 Å². The zero-order valence-corrected chi connectivity index (χ0v) is 18.6. The molecule has 2 saturated heterocycles. The van der Waals surface area contributed by atoms with Crippen molar-refractivity contribution in [3.8, 4) is 11.8 Å². The number of ether oxygens (including phenoxy) is 1. The highest BCUT2D eigenvalue weighted by Gasteiger charge is 2.52. The smallest absolute Gasteiger partial charge is 0.271 e. The highest BCUT2D eigenvalue weighted by molar-refractivity contribution is 6.02. The fourth-order valence-electron chi connectivity index (χ4n) is 5.65. The molecule has 174 valence electrons. The molecule has 3 heterocycles. The highest BCUT2D eigenvalue weighted by Crippen LogP contribution is 2.45. The van der Waals surface area contributed by atoms with Crippen LogP contribution in [-0.4, -0.2) is 65.3 Å². The molecule has 6 unspecified atom stereocenters. The zero-order chi connectivity index (χ0) is 23.1. The second-order valence-corrected chi connectivity index (χ2v) is 9.38. The van der Waals surface area contributed by atoms with E-state index in [0.717, 1.165) is 30.2 Å². The summed E-state index contributed by atoms with van der Waals surface area (Å²) in [7, 11) is 1.59. The van der Waals surface area contributed by atoms with E-state index >= 15 is 0 Å². The summed E-state index contributed by atoms with van der Waals surface area (Å²) in [6.45, 7) is 1.23. The van der Waals surface area contributed by atoms with Crippen LogP contribution in [0.1, 0.15) is 36.2 Å². The molecule has 2 amide bonds. The molecule has 3 aliphatic rings. The van der Waals surface area contributed by atoms with Gasteiger partial charge in [0.1, 0.15) is 29.8 Å². The average Bonchev–Trinajstić information content (AvgIpc) is 3.48. The summed E-state index contributed by atoms with van der Waals surface area (Å²) in [6.07, 6.45) is 2.39. The summed E-state index contributed by atoms with van der Waals surface area (Å²) in [5, 5.41) is 26.3. The van der Waals surface area contributed by atoms with Gasteiger partial charge >= 0.3 is 0 Å². The molecule has 2 aromatic rings. The Bertz CT molecular complexity index is 1110. The van der Waals surface area contributed by atoms with Crippen molar-refractivity contribution in [1.82, 2.24) is 20.5 Å². The first kappa shape index (κ1) is 21.7. The number of aromatic nitrogens is 1. The molecule has 2 aliphatic heterocycles. The van der Waals surface area contributed by atoms with E-state index in [-0.39, 0.29) is 23.7 Å². The Morgan fingerprint density at radius 3 is 2.88 bits per heavy atom. The lowest BCUT2D eigenvalue weighted by Crippen LogP contribution is -2.52. The number of likely N-dealkylation sites (tertiary alicyclic amines) is 1. The van der Waals surface area contributed by atoms with Crippen LogP contribution in [0.3, 0.4) is 0 Å². The molecule has 6 atom stereocenters. The van der Waals surface area contributed by atoms with Crippen LogP contribution < -0.4 is 15.4 Å². The van der Waals surface area contributed by atoms with Gasteiger partial charge in [0, 0.05) is 23.4 Å². The minimum Gasteiger partial charge on any atom is -0.496 e. The van der Waals surface area contributed by atoms with E-state index in [0.29, 0.717) is 36.9 Å². The molecule has 0 bridgehead atoms. The molecule has 0 spiro atoms. The van der Waals surface area contributed by atoms with E-state index in [4.69, 9.17) is 4.74 Å². The van der Waals surface area contributed by atoms with Gasteiger partial charge in [0.25, 0.3) is 5.91 Å². The van der Waals surface area contributed by atoms with Gasteiger partial charge in [-0.3, -0.25) is 14.9 Å². The predicted octanol–water partition coefficient (Wildman–Crippen LogP) is 1.35. The largest absolute Gasteiger partial charge is 0.496 e. The normalized spacial score (nSPS) is 29.2. The molecule has 9 nitrogen and oxygen atoms in total. The Balaban J connectivity index is 1.35. The minimum atomic E-state index is -0.703. The molecular formula is C24H29N5O4. The molecule has 1 aromatic carbocycles. The van der Waals surface area contributed by atoms with Crippen molar-refractivity contribution in [3.63, 3.8) is 0 Å². The van der Waals surface area contributed by atoms with Crippen LogP contribution in [-0.2, 0) is 4.79 Å². The fraction of sp³-hybridized carbons (Fsp3) is 0.542. The monoisotopic (exact) mass is 451 g/mol. The second kappa shape index (κ2) is 8.69. The second-order valence-electron chi connectivity index (χ2n) is 9.38. The molecule has 4 N–H and O–H groups in total. The van der Waals surface area contributed by atoms with E-state index in [1.165, 1.54) is 0 Å². The Morgan fingerprint density at radius 1 is 1.36 bits per heavy atom. The number of nitrogens with zero attached hydrogens (tertiary/aromatic N) is 2. The van der Waals surface area contributed by atoms with E-state index < -0.39 is 18.3 Å². The summed E-state index contributed by atoms with van der Waals surface area (Å²) >= 11 is 0. The lowest BCUT2D eigenvalue weighted by atomic mass is 9.73. The van der Waals surface area contributed by atoms with Crippen LogP contribution >= 0.6 is 0 Å². The molecule has 9 heteroatoms. The van der Waals surface area contributed by atoms with Gasteiger partial charge in [-0.2, -0.15) is 5.26 Å². The van der Waals surface area contributed by atoms with Crippen molar-refractivity contribution in [2.24, 2.45) is 17.8 Å². The molecular weight excluding hydrogens is 422 g/mol. The maximum Gasteiger partial charge on any atom is 0.271 e. The van der Waals surface area contributed by atoms with Crippen LogP contribution in [0, 0.1) is 29.1 Å². The topological polar surface area (TPSA) is 130 Å². The zero-order valence-electron chi connectivity index (χ0n) is 18.6. The standard InChI is InChI=1S/C24H29N5O4/c1-33-20-4-2-3-18-17(20)10-19(28-18)24(32)29-12-14-5-6-16(14)21(29)23(31)27-15(11-25)9-13-7-8-26-22(13)30/h2-4,10,13-16,21-22,26,28,30H,5-9,12H2,1H3,(H,27,31). The number of aromatic amines is 1. The van der Waals surface area contributed by atoms with Crippen molar-refractivity contribution in [2.45, 2.75) is 44.0 Å². The summed E-state index contributed by atoms with van der Waals surface area (Å²) in [6, 6.07) is 8.23. The van der Waals surface area contributed by atoms with E-state index in [1.54, 1.807) is 18.1 Å². The summed E-state index contributed by atoms with van der Waals surface area (Å²) < 4.78 is 5.41. The van der Waals surface area contributed by atoms with Crippen molar-refractivity contribution in [2.75, 3.05) is 20.2 Å². The third-order valence-electron chi connectivity index (χ3n) is 7.58. The maximum absolute atomic E-state index is 13.5. The van der Waals surface area contributed by atoms with E-state index in [1.807, 2.05) is 18.2 Å². The van der Waals surface area contributed by atoms with Crippen LogP contribution in [0.15, 0.2) is 24.3 Å². The summed E-state index contributed by atoms with van der Waals surface area (Å²) in [4.78, 5) is 31.6. The Labute approximate surface area is 192 Å². The van der Waals surface area contributed by atoms with Crippen LogP contribution in [0.4, 0.5) is 0 Å². The summed E-state index contributed by atoms with van der Waals surface area (Å²) in [5.74, 6) is 0.534. The first-order chi connectivity index (χ1) is 16.0. The lowest BCUT2D eigenvalue weighted by molar-refractivity contribution is -0.127. The predicted molar refractivity (Wildman–Crippen MR) is 120 cm³/mol. The van der Waals surface area contributed by atoms with Crippen molar-refractivity contribution < 1.29 is 19.4 Å². The number of nitriles is 1. The summed E-state index contributed by atoms with van der Waals surface area (Å²) in [5.41, 5.74) is 1.22. The third kappa shape index (κ3) is 3.83. The van der Waals surface area contributed by atoms with Crippen molar-refractivity contribution in [1.29, 1.82) is 5.26 Å². The number of carbonyl (C=O) groups is 2. The maximum atomic E-state index is 13.5. The quantitative estimate of drug-likeness (QED) is 0.525. The first-order valence-corrected chi connectivity index (χ1v) is 11.6. The lowest BCUT2D eigenvalue weighted by Gasteiger charge is -2.33. The molecule has 1 saturated carbocycles. The number of amides is 2. The van der Waals surface area contributed by atoms with Gasteiger partial charge in [-0.15, -0.1) is 0 Å². The fourth-order valence-corrected chi connectivity index (χ4v) is 5.65.